The first kappa shape index (κ1) is 14.4. The van der Waals surface area contributed by atoms with Crippen LogP contribution in [0.3, 0.4) is 0 Å². The van der Waals surface area contributed by atoms with E-state index >= 15 is 0 Å². The number of rotatable bonds is 3. The van der Waals surface area contributed by atoms with Crippen molar-refractivity contribution in [3.63, 3.8) is 0 Å². The van der Waals surface area contributed by atoms with Gasteiger partial charge in [0.2, 0.25) is 0 Å². The first-order chi connectivity index (χ1) is 10.0. The second kappa shape index (κ2) is 5.34. The van der Waals surface area contributed by atoms with Crippen molar-refractivity contribution < 1.29 is 4.74 Å². The molecule has 1 aliphatic carbocycles. The topological polar surface area (TPSA) is 35.2 Å². The summed E-state index contributed by atoms with van der Waals surface area (Å²) in [7, 11) is 1.72. The first-order valence-electron chi connectivity index (χ1n) is 7.86. The van der Waals surface area contributed by atoms with Crippen LogP contribution in [0.25, 0.3) is 10.8 Å². The second-order valence-electron chi connectivity index (χ2n) is 6.92. The summed E-state index contributed by atoms with van der Waals surface area (Å²) >= 11 is 0. The Labute approximate surface area is 127 Å². The number of ether oxygens (including phenoxy) is 1. The Morgan fingerprint density at radius 2 is 1.86 bits per heavy atom. The molecule has 0 bridgehead atoms. The minimum atomic E-state index is 0.0957. The standard InChI is InChI=1S/C19H25NO/c1-19(2)12-6-9-16(19)18(20)15-10-11-17(21-3)14-8-5-4-7-13(14)15/h4-5,7-8,10-11,16,18H,6,9,12,20H2,1-3H3. The van der Waals surface area contributed by atoms with Gasteiger partial charge in [0.15, 0.2) is 0 Å². The SMILES string of the molecule is COc1ccc(C(N)C2CCCC2(C)C)c2ccccc12. The van der Waals surface area contributed by atoms with E-state index < -0.39 is 0 Å². The van der Waals surface area contributed by atoms with Crippen molar-refractivity contribution in [1.82, 2.24) is 0 Å². The zero-order chi connectivity index (χ0) is 15.0. The lowest BCUT2D eigenvalue weighted by Crippen LogP contribution is -2.29. The molecule has 21 heavy (non-hydrogen) atoms. The third-order valence-electron chi connectivity index (χ3n) is 5.27. The van der Waals surface area contributed by atoms with Crippen LogP contribution in [0.2, 0.25) is 0 Å². The largest absolute Gasteiger partial charge is 0.496 e. The number of fused-ring (bicyclic) bond motifs is 1. The summed E-state index contributed by atoms with van der Waals surface area (Å²) in [5, 5.41) is 2.39. The zero-order valence-corrected chi connectivity index (χ0v) is 13.2. The van der Waals surface area contributed by atoms with E-state index in [1.165, 1.54) is 30.2 Å². The molecule has 1 saturated carbocycles. The summed E-state index contributed by atoms with van der Waals surface area (Å²) in [5.41, 5.74) is 8.28. The average Bonchev–Trinajstić information content (AvgIpc) is 2.85. The fourth-order valence-corrected chi connectivity index (χ4v) is 4.00. The van der Waals surface area contributed by atoms with Crippen LogP contribution in [0.5, 0.6) is 5.75 Å². The van der Waals surface area contributed by atoms with Crippen molar-refractivity contribution in [3.05, 3.63) is 42.0 Å². The molecule has 2 N–H and O–H groups in total. The molecule has 0 aromatic heterocycles. The number of methoxy groups -OCH3 is 1. The van der Waals surface area contributed by atoms with Crippen molar-refractivity contribution >= 4 is 10.8 Å². The molecule has 2 atom stereocenters. The molecule has 2 heteroatoms. The van der Waals surface area contributed by atoms with Gasteiger partial charge in [0.25, 0.3) is 0 Å². The zero-order valence-electron chi connectivity index (χ0n) is 13.2. The molecule has 2 nitrogen and oxygen atoms in total. The molecular formula is C19H25NO. The van der Waals surface area contributed by atoms with Gasteiger partial charge in [-0.25, -0.2) is 0 Å². The van der Waals surface area contributed by atoms with E-state index in [2.05, 4.69) is 50.2 Å². The molecule has 112 valence electrons. The summed E-state index contributed by atoms with van der Waals surface area (Å²) in [6, 6.07) is 12.7. The molecule has 0 heterocycles. The Morgan fingerprint density at radius 3 is 2.48 bits per heavy atom. The lowest BCUT2D eigenvalue weighted by molar-refractivity contribution is 0.223. The van der Waals surface area contributed by atoms with Crippen molar-refractivity contribution in [2.75, 3.05) is 7.11 Å². The maximum Gasteiger partial charge on any atom is 0.126 e. The molecule has 0 spiro atoms. The fraction of sp³-hybridized carbons (Fsp3) is 0.474. The normalized spacial score (nSPS) is 22.4. The molecule has 2 aromatic carbocycles. The monoisotopic (exact) mass is 283 g/mol. The lowest BCUT2D eigenvalue weighted by Gasteiger charge is -2.33. The quantitative estimate of drug-likeness (QED) is 0.888. The van der Waals surface area contributed by atoms with Crippen LogP contribution >= 0.6 is 0 Å². The van der Waals surface area contributed by atoms with E-state index in [1.807, 2.05) is 0 Å². The molecule has 1 aliphatic rings. The molecule has 0 amide bonds. The second-order valence-corrected chi connectivity index (χ2v) is 6.92. The summed E-state index contributed by atoms with van der Waals surface area (Å²) < 4.78 is 5.49. The molecular weight excluding hydrogens is 258 g/mol. The van der Waals surface area contributed by atoms with Crippen LogP contribution in [-0.4, -0.2) is 7.11 Å². The predicted octanol–water partition coefficient (Wildman–Crippen LogP) is 4.67. The van der Waals surface area contributed by atoms with Gasteiger partial charge in [-0.05, 0) is 41.2 Å². The Kier molecular flexibility index (Phi) is 3.66. The van der Waals surface area contributed by atoms with Gasteiger partial charge < -0.3 is 10.5 Å². The summed E-state index contributed by atoms with van der Waals surface area (Å²) in [5.74, 6) is 1.47. The molecule has 1 fully saturated rings. The van der Waals surface area contributed by atoms with E-state index in [1.54, 1.807) is 7.11 Å². The molecule has 0 saturated heterocycles. The number of benzene rings is 2. The van der Waals surface area contributed by atoms with E-state index in [9.17, 15) is 0 Å². The maximum atomic E-state index is 6.69. The van der Waals surface area contributed by atoms with E-state index in [0.717, 1.165) is 11.1 Å². The van der Waals surface area contributed by atoms with Crippen molar-refractivity contribution in [2.45, 2.75) is 39.2 Å². The lowest BCUT2D eigenvalue weighted by atomic mass is 9.75. The molecule has 0 aliphatic heterocycles. The molecule has 3 rings (SSSR count). The van der Waals surface area contributed by atoms with Gasteiger partial charge in [0, 0.05) is 11.4 Å². The average molecular weight is 283 g/mol. The minimum absolute atomic E-state index is 0.0957. The van der Waals surface area contributed by atoms with Gasteiger partial charge in [0.1, 0.15) is 5.75 Å². The highest BCUT2D eigenvalue weighted by molar-refractivity contribution is 5.91. The van der Waals surface area contributed by atoms with E-state index in [0.29, 0.717) is 11.3 Å². The summed E-state index contributed by atoms with van der Waals surface area (Å²) in [6.45, 7) is 4.71. The van der Waals surface area contributed by atoms with Crippen LogP contribution in [0.1, 0.15) is 44.7 Å². The van der Waals surface area contributed by atoms with Crippen molar-refractivity contribution in [2.24, 2.45) is 17.1 Å². The number of hydrogen-bond acceptors (Lipinski definition) is 2. The summed E-state index contributed by atoms with van der Waals surface area (Å²) in [4.78, 5) is 0. The van der Waals surface area contributed by atoms with Crippen LogP contribution in [0, 0.1) is 11.3 Å². The maximum absolute atomic E-state index is 6.69. The van der Waals surface area contributed by atoms with Crippen LogP contribution in [0.4, 0.5) is 0 Å². The van der Waals surface area contributed by atoms with Gasteiger partial charge >= 0.3 is 0 Å². The molecule has 2 aromatic rings. The number of hydrogen-bond donors (Lipinski definition) is 1. The molecule has 0 radical (unpaired) electrons. The highest BCUT2D eigenvalue weighted by Gasteiger charge is 2.39. The van der Waals surface area contributed by atoms with E-state index in [-0.39, 0.29) is 6.04 Å². The van der Waals surface area contributed by atoms with Crippen LogP contribution in [0.15, 0.2) is 36.4 Å². The van der Waals surface area contributed by atoms with Gasteiger partial charge in [-0.2, -0.15) is 0 Å². The molecule has 2 unspecified atom stereocenters. The Bertz CT molecular complexity index is 647. The Morgan fingerprint density at radius 1 is 1.14 bits per heavy atom. The van der Waals surface area contributed by atoms with E-state index in [4.69, 9.17) is 10.5 Å². The van der Waals surface area contributed by atoms with Gasteiger partial charge in [0.05, 0.1) is 7.11 Å². The summed E-state index contributed by atoms with van der Waals surface area (Å²) in [6.07, 6.45) is 3.80. The van der Waals surface area contributed by atoms with Crippen molar-refractivity contribution in [1.29, 1.82) is 0 Å². The number of nitrogens with two attached hydrogens (primary N) is 1. The third-order valence-corrected chi connectivity index (χ3v) is 5.27. The highest BCUT2D eigenvalue weighted by Crippen LogP contribution is 2.49. The van der Waals surface area contributed by atoms with Crippen LogP contribution in [-0.2, 0) is 0 Å². The third kappa shape index (κ3) is 2.42. The highest BCUT2D eigenvalue weighted by atomic mass is 16.5. The minimum Gasteiger partial charge on any atom is -0.496 e. The van der Waals surface area contributed by atoms with Gasteiger partial charge in [-0.1, -0.05) is 50.6 Å². The predicted molar refractivity (Wildman–Crippen MR) is 88.6 cm³/mol. The van der Waals surface area contributed by atoms with Crippen LogP contribution < -0.4 is 10.5 Å². The van der Waals surface area contributed by atoms with Gasteiger partial charge in [-0.15, -0.1) is 0 Å². The van der Waals surface area contributed by atoms with Gasteiger partial charge in [-0.3, -0.25) is 0 Å². The van der Waals surface area contributed by atoms with Crippen molar-refractivity contribution in [3.8, 4) is 5.75 Å². The Hall–Kier alpha value is -1.54. The Balaban J connectivity index is 2.09. The first-order valence-corrected chi connectivity index (χ1v) is 7.86. The smallest absolute Gasteiger partial charge is 0.126 e. The fourth-order valence-electron chi connectivity index (χ4n) is 4.00.